The van der Waals surface area contributed by atoms with E-state index >= 15 is 0 Å². The van der Waals surface area contributed by atoms with Crippen molar-refractivity contribution in [3.63, 3.8) is 0 Å². The molecule has 146 valence electrons. The predicted molar refractivity (Wildman–Crippen MR) is 110 cm³/mol. The quantitative estimate of drug-likeness (QED) is 0.614. The number of ether oxygens (including phenoxy) is 1. The summed E-state index contributed by atoms with van der Waals surface area (Å²) in [5.41, 5.74) is 4.82. The molecule has 1 amide bonds. The van der Waals surface area contributed by atoms with Crippen LogP contribution in [0.2, 0.25) is 0 Å². The minimum atomic E-state index is -0.0201. The van der Waals surface area contributed by atoms with Crippen molar-refractivity contribution in [2.75, 3.05) is 7.05 Å². The van der Waals surface area contributed by atoms with Crippen LogP contribution in [0.25, 0.3) is 0 Å². The maximum Gasteiger partial charge on any atom is 0.253 e. The van der Waals surface area contributed by atoms with Gasteiger partial charge in [0.2, 0.25) is 0 Å². The van der Waals surface area contributed by atoms with E-state index < -0.39 is 0 Å². The van der Waals surface area contributed by atoms with Gasteiger partial charge in [0.1, 0.15) is 12.4 Å². The summed E-state index contributed by atoms with van der Waals surface area (Å²) >= 11 is 0. The van der Waals surface area contributed by atoms with Gasteiger partial charge >= 0.3 is 0 Å². The average molecular weight is 377 g/mol. The van der Waals surface area contributed by atoms with Gasteiger partial charge in [-0.3, -0.25) is 9.48 Å². The van der Waals surface area contributed by atoms with Crippen LogP contribution in [-0.2, 0) is 19.7 Å². The van der Waals surface area contributed by atoms with Crippen LogP contribution in [0.3, 0.4) is 0 Å². The number of rotatable bonds is 7. The van der Waals surface area contributed by atoms with Gasteiger partial charge in [-0.1, -0.05) is 30.3 Å². The topological polar surface area (TPSA) is 47.4 Å². The van der Waals surface area contributed by atoms with E-state index in [1.165, 1.54) is 0 Å². The molecule has 0 bridgehead atoms. The van der Waals surface area contributed by atoms with E-state index in [1.54, 1.807) is 11.9 Å². The molecule has 0 radical (unpaired) electrons. The molecule has 0 aliphatic heterocycles. The van der Waals surface area contributed by atoms with Crippen LogP contribution >= 0.6 is 0 Å². The summed E-state index contributed by atoms with van der Waals surface area (Å²) in [6, 6.07) is 15.7. The van der Waals surface area contributed by atoms with Crippen LogP contribution in [0.15, 0.2) is 54.7 Å². The van der Waals surface area contributed by atoms with Crippen molar-refractivity contribution in [1.82, 2.24) is 14.7 Å². The van der Waals surface area contributed by atoms with E-state index in [0.29, 0.717) is 18.7 Å². The molecular formula is C23H27N3O2. The zero-order valence-electron chi connectivity index (χ0n) is 17.0. The summed E-state index contributed by atoms with van der Waals surface area (Å²) in [6.07, 6.45) is 1.93. The summed E-state index contributed by atoms with van der Waals surface area (Å²) in [5, 5.41) is 4.43. The molecule has 5 nitrogen and oxygen atoms in total. The summed E-state index contributed by atoms with van der Waals surface area (Å²) in [6.45, 7) is 7.92. The fourth-order valence-electron chi connectivity index (χ4n) is 3.13. The Balaban J connectivity index is 1.60. The van der Waals surface area contributed by atoms with Crippen LogP contribution in [0.4, 0.5) is 0 Å². The van der Waals surface area contributed by atoms with E-state index in [1.807, 2.05) is 80.2 Å². The molecule has 5 heteroatoms. The molecule has 0 spiro atoms. The Labute approximate surface area is 166 Å². The van der Waals surface area contributed by atoms with E-state index in [9.17, 15) is 4.79 Å². The van der Waals surface area contributed by atoms with Gasteiger partial charge < -0.3 is 9.64 Å². The van der Waals surface area contributed by atoms with Gasteiger partial charge in [0.05, 0.1) is 12.2 Å². The maximum absolute atomic E-state index is 12.7. The van der Waals surface area contributed by atoms with Crippen molar-refractivity contribution in [2.45, 2.75) is 40.5 Å². The fourth-order valence-corrected chi connectivity index (χ4v) is 3.13. The average Bonchev–Trinajstić information content (AvgIpc) is 3.15. The van der Waals surface area contributed by atoms with Crippen molar-refractivity contribution in [3.8, 4) is 5.75 Å². The van der Waals surface area contributed by atoms with Gasteiger partial charge in [-0.2, -0.15) is 5.10 Å². The van der Waals surface area contributed by atoms with Crippen molar-refractivity contribution >= 4 is 5.91 Å². The normalized spacial score (nSPS) is 10.7. The Morgan fingerprint density at radius 1 is 1.07 bits per heavy atom. The first-order valence-electron chi connectivity index (χ1n) is 9.53. The molecular weight excluding hydrogens is 350 g/mol. The van der Waals surface area contributed by atoms with Gasteiger partial charge in [-0.25, -0.2) is 0 Å². The van der Waals surface area contributed by atoms with E-state index in [2.05, 4.69) is 5.10 Å². The van der Waals surface area contributed by atoms with E-state index in [4.69, 9.17) is 4.74 Å². The molecule has 0 fully saturated rings. The lowest BCUT2D eigenvalue weighted by molar-refractivity contribution is 0.0783. The Hall–Kier alpha value is -3.08. The van der Waals surface area contributed by atoms with Crippen LogP contribution in [-0.4, -0.2) is 27.6 Å². The van der Waals surface area contributed by atoms with Gasteiger partial charge in [0.25, 0.3) is 5.91 Å². The molecule has 0 N–H and O–H groups in total. The molecule has 0 aliphatic carbocycles. The molecule has 3 aromatic rings. The van der Waals surface area contributed by atoms with Crippen LogP contribution in [0.1, 0.15) is 39.7 Å². The number of carbonyl (C=O) groups is 1. The second kappa shape index (κ2) is 8.74. The van der Waals surface area contributed by atoms with Crippen molar-refractivity contribution < 1.29 is 9.53 Å². The lowest BCUT2D eigenvalue weighted by Gasteiger charge is -2.16. The van der Waals surface area contributed by atoms with Gasteiger partial charge in [-0.05, 0) is 55.7 Å². The monoisotopic (exact) mass is 377 g/mol. The third kappa shape index (κ3) is 4.60. The highest BCUT2D eigenvalue weighted by molar-refractivity contribution is 5.94. The first-order valence-corrected chi connectivity index (χ1v) is 9.53. The molecule has 0 saturated carbocycles. The molecule has 1 heterocycles. The summed E-state index contributed by atoms with van der Waals surface area (Å²) in [7, 11) is 1.80. The molecule has 1 aromatic heterocycles. The van der Waals surface area contributed by atoms with Crippen molar-refractivity contribution in [2.24, 2.45) is 0 Å². The van der Waals surface area contributed by atoms with E-state index in [-0.39, 0.29) is 5.91 Å². The van der Waals surface area contributed by atoms with Gasteiger partial charge in [0, 0.05) is 25.4 Å². The number of amides is 1. The third-order valence-corrected chi connectivity index (χ3v) is 4.76. The smallest absolute Gasteiger partial charge is 0.253 e. The number of hydrogen-bond acceptors (Lipinski definition) is 3. The van der Waals surface area contributed by atoms with Crippen molar-refractivity contribution in [3.05, 3.63) is 82.7 Å². The highest BCUT2D eigenvalue weighted by Gasteiger charge is 2.13. The van der Waals surface area contributed by atoms with Crippen molar-refractivity contribution in [1.29, 1.82) is 0 Å². The van der Waals surface area contributed by atoms with Gasteiger partial charge in [0.15, 0.2) is 0 Å². The van der Waals surface area contributed by atoms with Crippen LogP contribution in [0.5, 0.6) is 5.75 Å². The largest absolute Gasteiger partial charge is 0.488 e. The van der Waals surface area contributed by atoms with Gasteiger partial charge in [-0.15, -0.1) is 0 Å². The Bertz CT molecular complexity index is 924. The molecule has 28 heavy (non-hydrogen) atoms. The maximum atomic E-state index is 12.7. The highest BCUT2D eigenvalue weighted by Crippen LogP contribution is 2.23. The number of benzene rings is 2. The number of aromatic nitrogens is 2. The first kappa shape index (κ1) is 19.7. The molecule has 2 aromatic carbocycles. The summed E-state index contributed by atoms with van der Waals surface area (Å²) in [5.74, 6) is 0.905. The second-order valence-corrected chi connectivity index (χ2v) is 7.03. The number of para-hydroxylation sites is 1. The zero-order valence-corrected chi connectivity index (χ0v) is 17.0. The SMILES string of the molecule is CCn1ccc(CN(C)C(=O)c2ccc(COc3c(C)cccc3C)cc2)n1. The second-order valence-electron chi connectivity index (χ2n) is 7.03. The lowest BCUT2D eigenvalue weighted by atomic mass is 10.1. The number of hydrogen-bond donors (Lipinski definition) is 0. The first-order chi connectivity index (χ1) is 13.5. The Kier molecular flexibility index (Phi) is 6.14. The standard InChI is InChI=1S/C23H27N3O2/c1-5-26-14-13-21(24-26)15-25(4)23(27)20-11-9-19(10-12-20)16-28-22-17(2)7-6-8-18(22)3/h6-14H,5,15-16H2,1-4H3. The van der Waals surface area contributed by atoms with E-state index in [0.717, 1.165) is 34.7 Å². The third-order valence-electron chi connectivity index (χ3n) is 4.76. The summed E-state index contributed by atoms with van der Waals surface area (Å²) < 4.78 is 7.85. The highest BCUT2D eigenvalue weighted by atomic mass is 16.5. The minimum Gasteiger partial charge on any atom is -0.488 e. The Morgan fingerprint density at radius 3 is 2.36 bits per heavy atom. The number of carbonyl (C=O) groups excluding carboxylic acids is 1. The Morgan fingerprint density at radius 2 is 1.75 bits per heavy atom. The van der Waals surface area contributed by atoms with Crippen LogP contribution < -0.4 is 4.74 Å². The number of nitrogens with zero attached hydrogens (tertiary/aromatic N) is 3. The minimum absolute atomic E-state index is 0.0201. The zero-order chi connectivity index (χ0) is 20.1. The number of aryl methyl sites for hydroxylation is 3. The van der Waals surface area contributed by atoms with Crippen LogP contribution in [0, 0.1) is 13.8 Å². The lowest BCUT2D eigenvalue weighted by Crippen LogP contribution is -2.26. The molecule has 0 saturated heterocycles. The predicted octanol–water partition coefficient (Wildman–Crippen LogP) is 4.37. The molecule has 0 atom stereocenters. The fraction of sp³-hybridized carbons (Fsp3) is 0.304. The molecule has 3 rings (SSSR count). The summed E-state index contributed by atoms with van der Waals surface area (Å²) in [4.78, 5) is 14.4. The molecule has 0 aliphatic rings. The molecule has 0 unspecified atom stereocenters.